The molecule has 0 spiro atoms. The van der Waals surface area contributed by atoms with E-state index < -0.39 is 16.9 Å². The summed E-state index contributed by atoms with van der Waals surface area (Å²) in [4.78, 5) is 0. The molecule has 20 heavy (non-hydrogen) atoms. The van der Waals surface area contributed by atoms with Gasteiger partial charge in [0, 0.05) is 17.9 Å². The molecule has 2 heterocycles. The Bertz CT molecular complexity index is 676. The third-order valence-corrected chi connectivity index (χ3v) is 12.2. The largest absolute Gasteiger partial charge is 0.205 e. The molecule has 1 unspecified atom stereocenters. The molecule has 0 N–H and O–H groups in total. The summed E-state index contributed by atoms with van der Waals surface area (Å²) in [6.07, 6.45) is 3.34. The van der Waals surface area contributed by atoms with Crippen molar-refractivity contribution in [2.75, 3.05) is 0 Å². The van der Waals surface area contributed by atoms with Gasteiger partial charge in [0.05, 0.1) is 16.9 Å². The van der Waals surface area contributed by atoms with Crippen LogP contribution in [0.1, 0.15) is 12.6 Å². The first kappa shape index (κ1) is 14.0. The monoisotopic (exact) mass is 300 g/mol. The lowest BCUT2D eigenvalue weighted by molar-refractivity contribution is -0.677. The Labute approximate surface area is 125 Å². The number of pyridine rings is 1. The summed E-state index contributed by atoms with van der Waals surface area (Å²) in [5, 5.41) is 6.51. The molecular formula is C17H26NSi2+. The van der Waals surface area contributed by atoms with Crippen molar-refractivity contribution in [1.29, 1.82) is 0 Å². The van der Waals surface area contributed by atoms with E-state index in [0.29, 0.717) is 0 Å². The van der Waals surface area contributed by atoms with Gasteiger partial charge in [-0.2, -0.15) is 0 Å². The smallest absolute Gasteiger partial charge is 0.188 e. The van der Waals surface area contributed by atoms with Gasteiger partial charge < -0.3 is 0 Å². The van der Waals surface area contributed by atoms with Crippen LogP contribution in [0.2, 0.25) is 31.7 Å². The molecular weight excluding hydrogens is 274 g/mol. The molecule has 0 amide bonds. The third kappa shape index (κ3) is 2.08. The lowest BCUT2D eigenvalue weighted by atomic mass is 10.1. The Hall–Kier alpha value is -0.936. The van der Waals surface area contributed by atoms with Crippen molar-refractivity contribution >= 4 is 38.0 Å². The van der Waals surface area contributed by atoms with E-state index >= 15 is 0 Å². The van der Waals surface area contributed by atoms with Crippen molar-refractivity contribution < 1.29 is 4.57 Å². The maximum atomic E-state index is 2.58. The van der Waals surface area contributed by atoms with E-state index in [9.17, 15) is 0 Å². The Balaban J connectivity index is 2.35. The molecule has 1 atom stereocenters. The van der Waals surface area contributed by atoms with Crippen molar-refractivity contribution in [3.05, 3.63) is 30.1 Å². The fourth-order valence-electron chi connectivity index (χ4n) is 3.79. The van der Waals surface area contributed by atoms with Crippen molar-refractivity contribution in [2.24, 2.45) is 7.05 Å². The number of benzene rings is 1. The summed E-state index contributed by atoms with van der Waals surface area (Å²) in [6, 6.07) is 10.4. The van der Waals surface area contributed by atoms with Gasteiger partial charge in [-0.3, -0.25) is 0 Å². The van der Waals surface area contributed by atoms with E-state index in [1.807, 2.05) is 0 Å². The summed E-state index contributed by atoms with van der Waals surface area (Å²) >= 11 is 0. The van der Waals surface area contributed by atoms with Crippen LogP contribution < -0.4 is 14.9 Å². The van der Waals surface area contributed by atoms with Crippen LogP contribution in [0.25, 0.3) is 10.8 Å². The van der Waals surface area contributed by atoms with Crippen LogP contribution in [0.5, 0.6) is 0 Å². The molecule has 0 saturated heterocycles. The van der Waals surface area contributed by atoms with E-state index in [1.165, 1.54) is 28.6 Å². The molecule has 0 radical (unpaired) electrons. The third-order valence-electron chi connectivity index (χ3n) is 5.23. The topological polar surface area (TPSA) is 3.88 Å². The fraction of sp³-hybridized carbons (Fsp3) is 0.471. The summed E-state index contributed by atoms with van der Waals surface area (Å²) in [5.41, 5.74) is 1.48. The van der Waals surface area contributed by atoms with Crippen molar-refractivity contribution in [3.8, 4) is 0 Å². The second-order valence-electron chi connectivity index (χ2n) is 7.08. The van der Waals surface area contributed by atoms with Crippen LogP contribution in [0.4, 0.5) is 0 Å². The predicted octanol–water partition coefficient (Wildman–Crippen LogP) is 2.22. The van der Waals surface area contributed by atoms with Gasteiger partial charge in [-0.25, -0.2) is 4.57 Å². The van der Waals surface area contributed by atoms with Gasteiger partial charge >= 0.3 is 0 Å². The summed E-state index contributed by atoms with van der Waals surface area (Å²) in [6.45, 7) is 9.93. The first-order chi connectivity index (χ1) is 9.44. The van der Waals surface area contributed by atoms with Crippen LogP contribution >= 0.6 is 0 Å². The first-order valence-electron chi connectivity index (χ1n) is 7.89. The Morgan fingerprint density at radius 1 is 1.30 bits per heavy atom. The minimum absolute atomic E-state index is 0.704. The molecule has 1 aliphatic heterocycles. The minimum atomic E-state index is -1.18. The lowest BCUT2D eigenvalue weighted by Crippen LogP contribution is -2.58. The average Bonchev–Trinajstić information content (AvgIpc) is 2.42. The van der Waals surface area contributed by atoms with Gasteiger partial charge in [-0.05, 0) is 11.5 Å². The average molecular weight is 301 g/mol. The number of hydrogen-bond donors (Lipinski definition) is 0. The van der Waals surface area contributed by atoms with Gasteiger partial charge in [0.2, 0.25) is 0 Å². The molecule has 2 aromatic rings. The molecule has 106 valence electrons. The van der Waals surface area contributed by atoms with E-state index in [2.05, 4.69) is 62.6 Å². The van der Waals surface area contributed by atoms with Crippen LogP contribution in [-0.2, 0) is 13.5 Å². The Morgan fingerprint density at radius 3 is 2.75 bits per heavy atom. The maximum Gasteiger partial charge on any atom is 0.188 e. The van der Waals surface area contributed by atoms with Gasteiger partial charge in [0.25, 0.3) is 0 Å². The van der Waals surface area contributed by atoms with Crippen LogP contribution in [0.3, 0.4) is 0 Å². The van der Waals surface area contributed by atoms with E-state index in [-0.39, 0.29) is 0 Å². The van der Waals surface area contributed by atoms with Crippen LogP contribution in [-0.4, -0.2) is 16.9 Å². The molecule has 0 fully saturated rings. The quantitative estimate of drug-likeness (QED) is 0.562. The number of fused-ring (bicyclic) bond motifs is 2. The number of aryl methyl sites for hydroxylation is 2. The molecule has 1 aromatic heterocycles. The van der Waals surface area contributed by atoms with Gasteiger partial charge in [0.15, 0.2) is 11.9 Å². The van der Waals surface area contributed by atoms with E-state index in [0.717, 1.165) is 6.42 Å². The predicted molar refractivity (Wildman–Crippen MR) is 93.9 cm³/mol. The molecule has 0 aliphatic carbocycles. The zero-order chi connectivity index (χ0) is 14.5. The molecule has 3 rings (SSSR count). The minimum Gasteiger partial charge on any atom is -0.205 e. The molecule has 0 bridgehead atoms. The molecule has 1 aliphatic rings. The molecule has 1 nitrogen and oxygen atoms in total. The number of nitrogens with zero attached hydrogens (tertiary/aromatic N) is 1. The van der Waals surface area contributed by atoms with Crippen molar-refractivity contribution in [2.45, 2.75) is 45.1 Å². The SMILES string of the molecule is CCc1c2cc3c(cc2cc[n+]1C)[Si](C)(C)CC[SiH]3C. The highest BCUT2D eigenvalue weighted by atomic mass is 28.3. The molecule has 3 heteroatoms. The first-order valence-corrected chi connectivity index (χ1v) is 13.6. The second kappa shape index (κ2) is 4.81. The lowest BCUT2D eigenvalue weighted by Gasteiger charge is -2.34. The second-order valence-corrected chi connectivity index (χ2v) is 14.9. The fourth-order valence-corrected chi connectivity index (χ4v) is 13.4. The summed E-state index contributed by atoms with van der Waals surface area (Å²) in [7, 11) is 0.291. The summed E-state index contributed by atoms with van der Waals surface area (Å²) < 4.78 is 2.30. The highest BCUT2D eigenvalue weighted by molar-refractivity contribution is 6.97. The van der Waals surface area contributed by atoms with E-state index in [4.69, 9.17) is 0 Å². The standard InChI is InChI=1S/C17H26NSi2/c1-6-15-14-12-16-17(11-13(14)7-8-18(15)2)20(4,5)10-9-19(16)3/h7-8,11-12,19H,6,9-10H2,1-5H3/q+1. The summed E-state index contributed by atoms with van der Waals surface area (Å²) in [5.74, 6) is 0. The van der Waals surface area contributed by atoms with Crippen molar-refractivity contribution in [3.63, 3.8) is 0 Å². The normalized spacial score (nSPS) is 20.9. The van der Waals surface area contributed by atoms with Crippen LogP contribution in [0.15, 0.2) is 24.4 Å². The zero-order valence-corrected chi connectivity index (χ0v) is 15.6. The van der Waals surface area contributed by atoms with Gasteiger partial charge in [0.1, 0.15) is 7.05 Å². The van der Waals surface area contributed by atoms with Gasteiger partial charge in [-0.15, -0.1) is 0 Å². The Kier molecular flexibility index (Phi) is 3.37. The van der Waals surface area contributed by atoms with E-state index in [1.54, 1.807) is 10.4 Å². The van der Waals surface area contributed by atoms with Gasteiger partial charge in [-0.1, -0.05) is 55.1 Å². The molecule has 1 aromatic carbocycles. The molecule has 0 saturated carbocycles. The van der Waals surface area contributed by atoms with Crippen molar-refractivity contribution in [1.82, 2.24) is 0 Å². The maximum absolute atomic E-state index is 2.58. The van der Waals surface area contributed by atoms with Crippen LogP contribution in [0, 0.1) is 0 Å². The number of aromatic nitrogens is 1. The highest BCUT2D eigenvalue weighted by Crippen LogP contribution is 2.23. The number of rotatable bonds is 1. The highest BCUT2D eigenvalue weighted by Gasteiger charge is 2.33. The Morgan fingerprint density at radius 2 is 2.05 bits per heavy atom. The zero-order valence-electron chi connectivity index (χ0n) is 13.5. The number of hydrogen-bond acceptors (Lipinski definition) is 0.